The third-order valence-corrected chi connectivity index (χ3v) is 4.71. The van der Waals surface area contributed by atoms with Crippen LogP contribution in [0.4, 0.5) is 4.39 Å². The first-order valence-corrected chi connectivity index (χ1v) is 8.23. The summed E-state index contributed by atoms with van der Waals surface area (Å²) in [4.78, 5) is 0. The lowest BCUT2D eigenvalue weighted by Crippen LogP contribution is -2.29. The Hall–Kier alpha value is -0.600. The molecule has 2 rings (SSSR count). The molecular weight excluding hydrogens is 273 g/mol. The smallest absolute Gasteiger partial charge is 0.127 e. The van der Waals surface area contributed by atoms with Gasteiger partial charge in [-0.25, -0.2) is 4.39 Å². The van der Waals surface area contributed by atoms with Crippen LogP contribution < -0.4 is 5.32 Å². The highest BCUT2D eigenvalue weighted by molar-refractivity contribution is 6.30. The zero-order chi connectivity index (χ0) is 14.4. The average Bonchev–Trinajstić information content (AvgIpc) is 2.65. The summed E-state index contributed by atoms with van der Waals surface area (Å²) in [5.41, 5.74) is 0.822. The molecule has 0 bridgehead atoms. The van der Waals surface area contributed by atoms with E-state index in [4.69, 9.17) is 11.6 Å². The first kappa shape index (κ1) is 15.8. The van der Waals surface area contributed by atoms with Crippen molar-refractivity contribution in [3.8, 4) is 0 Å². The normalized spacial score (nSPS) is 23.6. The highest BCUT2D eigenvalue weighted by atomic mass is 35.5. The van der Waals surface area contributed by atoms with Crippen molar-refractivity contribution in [3.63, 3.8) is 0 Å². The Kier molecular flexibility index (Phi) is 6.31. The molecule has 1 N–H and O–H groups in total. The van der Waals surface area contributed by atoms with Gasteiger partial charge in [-0.15, -0.1) is 0 Å². The Labute approximate surface area is 126 Å². The SMILES string of the molecule is CCNCC1CCCCCC1Cc1ccc(Cl)cc1F. The third-order valence-electron chi connectivity index (χ3n) is 4.47. The van der Waals surface area contributed by atoms with Crippen LogP contribution in [0, 0.1) is 17.7 Å². The van der Waals surface area contributed by atoms with E-state index < -0.39 is 0 Å². The van der Waals surface area contributed by atoms with Gasteiger partial charge in [-0.2, -0.15) is 0 Å². The summed E-state index contributed by atoms with van der Waals surface area (Å²) in [7, 11) is 0. The van der Waals surface area contributed by atoms with Gasteiger partial charge in [-0.05, 0) is 61.9 Å². The Morgan fingerprint density at radius 1 is 1.20 bits per heavy atom. The monoisotopic (exact) mass is 297 g/mol. The van der Waals surface area contributed by atoms with Crippen LogP contribution in [0.15, 0.2) is 18.2 Å². The van der Waals surface area contributed by atoms with Gasteiger partial charge in [0.05, 0.1) is 0 Å². The van der Waals surface area contributed by atoms with Crippen molar-refractivity contribution in [2.45, 2.75) is 45.4 Å². The van der Waals surface area contributed by atoms with Gasteiger partial charge in [0.15, 0.2) is 0 Å². The van der Waals surface area contributed by atoms with E-state index in [-0.39, 0.29) is 5.82 Å². The highest BCUT2D eigenvalue weighted by Crippen LogP contribution is 2.32. The summed E-state index contributed by atoms with van der Waals surface area (Å²) in [5, 5.41) is 3.95. The van der Waals surface area contributed by atoms with E-state index in [2.05, 4.69) is 12.2 Å². The second kappa shape index (κ2) is 7.99. The van der Waals surface area contributed by atoms with E-state index in [0.29, 0.717) is 16.9 Å². The number of benzene rings is 1. The standard InChI is InChI=1S/C17H25ClFN/c1-2-20-12-15-7-5-3-4-6-13(15)10-14-8-9-16(18)11-17(14)19/h8-9,11,13,15,20H,2-7,10,12H2,1H3. The van der Waals surface area contributed by atoms with Crippen molar-refractivity contribution >= 4 is 11.6 Å². The summed E-state index contributed by atoms with van der Waals surface area (Å²) < 4.78 is 14.0. The van der Waals surface area contributed by atoms with Gasteiger partial charge in [0.2, 0.25) is 0 Å². The Bertz CT molecular complexity index is 421. The lowest BCUT2D eigenvalue weighted by atomic mass is 9.83. The maximum atomic E-state index is 14.0. The largest absolute Gasteiger partial charge is 0.317 e. The molecular formula is C17H25ClFN. The number of halogens is 2. The second-order valence-electron chi connectivity index (χ2n) is 5.91. The van der Waals surface area contributed by atoms with Crippen molar-refractivity contribution in [1.29, 1.82) is 0 Å². The highest BCUT2D eigenvalue weighted by Gasteiger charge is 2.24. The maximum absolute atomic E-state index is 14.0. The summed E-state index contributed by atoms with van der Waals surface area (Å²) in [6, 6.07) is 5.09. The van der Waals surface area contributed by atoms with Crippen LogP contribution in [-0.2, 0) is 6.42 Å². The van der Waals surface area contributed by atoms with Crippen molar-refractivity contribution in [3.05, 3.63) is 34.6 Å². The minimum absolute atomic E-state index is 0.149. The Morgan fingerprint density at radius 3 is 2.65 bits per heavy atom. The van der Waals surface area contributed by atoms with Gasteiger partial charge in [0.25, 0.3) is 0 Å². The minimum atomic E-state index is -0.149. The fraction of sp³-hybridized carbons (Fsp3) is 0.647. The summed E-state index contributed by atoms with van der Waals surface area (Å²) in [6.07, 6.45) is 7.25. The molecule has 0 heterocycles. The fourth-order valence-corrected chi connectivity index (χ4v) is 3.46. The molecule has 2 unspecified atom stereocenters. The van der Waals surface area contributed by atoms with Gasteiger partial charge in [-0.1, -0.05) is 43.9 Å². The number of hydrogen-bond acceptors (Lipinski definition) is 1. The molecule has 0 saturated heterocycles. The first-order chi connectivity index (χ1) is 9.70. The van der Waals surface area contributed by atoms with Gasteiger partial charge < -0.3 is 5.32 Å². The number of hydrogen-bond donors (Lipinski definition) is 1. The van der Waals surface area contributed by atoms with Crippen LogP contribution in [0.2, 0.25) is 5.02 Å². The van der Waals surface area contributed by atoms with Crippen molar-refractivity contribution in [1.82, 2.24) is 5.32 Å². The fourth-order valence-electron chi connectivity index (χ4n) is 3.30. The topological polar surface area (TPSA) is 12.0 Å². The molecule has 20 heavy (non-hydrogen) atoms. The Morgan fingerprint density at radius 2 is 1.95 bits per heavy atom. The molecule has 2 atom stereocenters. The van der Waals surface area contributed by atoms with Gasteiger partial charge in [0, 0.05) is 5.02 Å². The van der Waals surface area contributed by atoms with E-state index >= 15 is 0 Å². The lowest BCUT2D eigenvalue weighted by Gasteiger charge is -2.25. The van der Waals surface area contributed by atoms with Crippen LogP contribution in [0.5, 0.6) is 0 Å². The molecule has 1 saturated carbocycles. The van der Waals surface area contributed by atoms with E-state index in [1.807, 2.05) is 6.07 Å². The first-order valence-electron chi connectivity index (χ1n) is 7.85. The zero-order valence-electron chi connectivity index (χ0n) is 12.3. The minimum Gasteiger partial charge on any atom is -0.317 e. The van der Waals surface area contributed by atoms with Gasteiger partial charge in [0.1, 0.15) is 5.82 Å². The molecule has 0 aromatic heterocycles. The van der Waals surface area contributed by atoms with Crippen LogP contribution in [0.3, 0.4) is 0 Å². The zero-order valence-corrected chi connectivity index (χ0v) is 13.1. The molecule has 1 fully saturated rings. The summed E-state index contributed by atoms with van der Waals surface area (Å²) >= 11 is 5.83. The molecule has 0 radical (unpaired) electrons. The van der Waals surface area contributed by atoms with Crippen LogP contribution in [0.25, 0.3) is 0 Å². The van der Waals surface area contributed by atoms with Crippen LogP contribution in [0.1, 0.15) is 44.6 Å². The van der Waals surface area contributed by atoms with Crippen LogP contribution in [-0.4, -0.2) is 13.1 Å². The molecule has 1 aliphatic carbocycles. The Balaban J connectivity index is 2.06. The number of rotatable bonds is 5. The lowest BCUT2D eigenvalue weighted by molar-refractivity contribution is 0.297. The van der Waals surface area contributed by atoms with E-state index in [0.717, 1.165) is 25.1 Å². The van der Waals surface area contributed by atoms with E-state index in [1.54, 1.807) is 6.07 Å². The van der Waals surface area contributed by atoms with E-state index in [9.17, 15) is 4.39 Å². The van der Waals surface area contributed by atoms with Crippen molar-refractivity contribution in [2.75, 3.05) is 13.1 Å². The quantitative estimate of drug-likeness (QED) is 0.768. The molecule has 112 valence electrons. The second-order valence-corrected chi connectivity index (χ2v) is 6.34. The van der Waals surface area contributed by atoms with E-state index in [1.165, 1.54) is 38.2 Å². The molecule has 0 aliphatic heterocycles. The van der Waals surface area contributed by atoms with Crippen molar-refractivity contribution in [2.24, 2.45) is 11.8 Å². The molecule has 3 heteroatoms. The molecule has 1 aromatic carbocycles. The summed E-state index contributed by atoms with van der Waals surface area (Å²) in [6.45, 7) is 4.22. The van der Waals surface area contributed by atoms with Crippen molar-refractivity contribution < 1.29 is 4.39 Å². The molecule has 0 amide bonds. The molecule has 0 spiro atoms. The molecule has 1 aromatic rings. The molecule has 1 nitrogen and oxygen atoms in total. The van der Waals surface area contributed by atoms with Gasteiger partial charge >= 0.3 is 0 Å². The predicted molar refractivity (Wildman–Crippen MR) is 83.7 cm³/mol. The average molecular weight is 298 g/mol. The predicted octanol–water partition coefficient (Wildman–Crippen LogP) is 4.83. The maximum Gasteiger partial charge on any atom is 0.127 e. The number of nitrogens with one attached hydrogen (secondary N) is 1. The molecule has 1 aliphatic rings. The van der Waals surface area contributed by atoms with Gasteiger partial charge in [-0.3, -0.25) is 0 Å². The third kappa shape index (κ3) is 4.46. The van der Waals surface area contributed by atoms with Crippen LogP contribution >= 0.6 is 11.6 Å². The summed E-state index contributed by atoms with van der Waals surface area (Å²) in [5.74, 6) is 1.11.